The summed E-state index contributed by atoms with van der Waals surface area (Å²) in [6.45, 7) is 8.39. The normalized spacial score (nSPS) is 20.5. The predicted molar refractivity (Wildman–Crippen MR) is 68.4 cm³/mol. The first-order chi connectivity index (χ1) is 8.56. The fraction of sp³-hybridized carbons (Fsp3) is 0.846. The minimum Gasteiger partial charge on any atom is -0.393 e. The lowest BCUT2D eigenvalue weighted by Crippen LogP contribution is -2.38. The average molecular weight is 253 g/mol. The van der Waals surface area contributed by atoms with E-state index < -0.39 is 6.10 Å². The molecule has 1 fully saturated rings. The molecular formula is C13H23N3O2. The highest BCUT2D eigenvalue weighted by Gasteiger charge is 2.25. The highest BCUT2D eigenvalue weighted by atomic mass is 16.5. The van der Waals surface area contributed by atoms with E-state index in [1.54, 1.807) is 6.92 Å². The quantitative estimate of drug-likeness (QED) is 0.882. The van der Waals surface area contributed by atoms with Gasteiger partial charge in [0.05, 0.1) is 12.5 Å². The second-order valence-electron chi connectivity index (χ2n) is 5.50. The molecule has 2 heterocycles. The van der Waals surface area contributed by atoms with Gasteiger partial charge in [0.2, 0.25) is 5.89 Å². The molecule has 1 aliphatic rings. The molecule has 0 amide bonds. The molecule has 0 spiro atoms. The Morgan fingerprint density at radius 2 is 2.00 bits per heavy atom. The number of hydrogen-bond acceptors (Lipinski definition) is 5. The van der Waals surface area contributed by atoms with E-state index in [2.05, 4.69) is 28.9 Å². The molecule has 0 bridgehead atoms. The van der Waals surface area contributed by atoms with E-state index in [-0.39, 0.29) is 0 Å². The Bertz CT molecular complexity index is 368. The Morgan fingerprint density at radius 1 is 1.33 bits per heavy atom. The highest BCUT2D eigenvalue weighted by molar-refractivity contribution is 4.98. The van der Waals surface area contributed by atoms with E-state index in [0.29, 0.717) is 24.3 Å². The molecular weight excluding hydrogens is 230 g/mol. The molecule has 5 nitrogen and oxygen atoms in total. The van der Waals surface area contributed by atoms with Crippen LogP contribution in [0.3, 0.4) is 0 Å². The molecule has 0 aromatic carbocycles. The van der Waals surface area contributed by atoms with Crippen LogP contribution >= 0.6 is 0 Å². The monoisotopic (exact) mass is 253 g/mol. The highest BCUT2D eigenvalue weighted by Crippen LogP contribution is 2.26. The van der Waals surface area contributed by atoms with Crippen molar-refractivity contribution in [3.63, 3.8) is 0 Å². The maximum atomic E-state index is 9.29. The van der Waals surface area contributed by atoms with Gasteiger partial charge in [0.15, 0.2) is 5.82 Å². The number of aliphatic hydroxyl groups is 1. The number of hydrogen-bond donors (Lipinski definition) is 1. The van der Waals surface area contributed by atoms with Crippen molar-refractivity contribution in [1.29, 1.82) is 0 Å². The van der Waals surface area contributed by atoms with Crippen molar-refractivity contribution < 1.29 is 9.63 Å². The molecule has 1 atom stereocenters. The van der Waals surface area contributed by atoms with Gasteiger partial charge >= 0.3 is 0 Å². The molecule has 1 saturated heterocycles. The SMILES string of the molecule is CC(O)Cc1nc(C2CCN(C(C)C)CC2)no1. The van der Waals surface area contributed by atoms with Crippen molar-refractivity contribution in [1.82, 2.24) is 15.0 Å². The second-order valence-corrected chi connectivity index (χ2v) is 5.50. The van der Waals surface area contributed by atoms with Gasteiger partial charge in [0.1, 0.15) is 0 Å². The molecule has 2 rings (SSSR count). The van der Waals surface area contributed by atoms with E-state index in [4.69, 9.17) is 4.52 Å². The van der Waals surface area contributed by atoms with Crippen LogP contribution in [0.5, 0.6) is 0 Å². The van der Waals surface area contributed by atoms with Gasteiger partial charge < -0.3 is 14.5 Å². The van der Waals surface area contributed by atoms with Crippen LogP contribution in [0.25, 0.3) is 0 Å². The summed E-state index contributed by atoms with van der Waals surface area (Å²) in [5.74, 6) is 1.77. The van der Waals surface area contributed by atoms with Gasteiger partial charge in [0.25, 0.3) is 0 Å². The number of aromatic nitrogens is 2. The molecule has 0 aliphatic carbocycles. The first-order valence-electron chi connectivity index (χ1n) is 6.81. The van der Waals surface area contributed by atoms with Crippen LogP contribution in [-0.4, -0.2) is 45.4 Å². The lowest BCUT2D eigenvalue weighted by molar-refractivity contribution is 0.168. The van der Waals surface area contributed by atoms with Crippen molar-refractivity contribution in [2.24, 2.45) is 0 Å². The zero-order valence-electron chi connectivity index (χ0n) is 11.5. The van der Waals surface area contributed by atoms with Crippen molar-refractivity contribution in [3.05, 3.63) is 11.7 Å². The average Bonchev–Trinajstić information content (AvgIpc) is 2.76. The number of likely N-dealkylation sites (tertiary alicyclic amines) is 1. The lowest BCUT2D eigenvalue weighted by atomic mass is 9.95. The third-order valence-corrected chi connectivity index (χ3v) is 3.58. The minimum absolute atomic E-state index is 0.409. The molecule has 102 valence electrons. The minimum atomic E-state index is -0.430. The van der Waals surface area contributed by atoms with Crippen LogP contribution in [0, 0.1) is 0 Å². The number of rotatable bonds is 4. The van der Waals surface area contributed by atoms with Gasteiger partial charge in [-0.25, -0.2) is 0 Å². The molecule has 1 aromatic heterocycles. The van der Waals surface area contributed by atoms with Gasteiger partial charge in [-0.05, 0) is 46.7 Å². The standard InChI is InChI=1S/C13H23N3O2/c1-9(2)16-6-4-11(5-7-16)13-14-12(18-15-13)8-10(3)17/h9-11,17H,4-8H2,1-3H3. The maximum absolute atomic E-state index is 9.29. The zero-order valence-corrected chi connectivity index (χ0v) is 11.5. The topological polar surface area (TPSA) is 62.4 Å². The van der Waals surface area contributed by atoms with Crippen LogP contribution in [0.15, 0.2) is 4.52 Å². The van der Waals surface area contributed by atoms with Crippen LogP contribution in [-0.2, 0) is 6.42 Å². The van der Waals surface area contributed by atoms with Gasteiger partial charge in [-0.15, -0.1) is 0 Å². The fourth-order valence-corrected chi connectivity index (χ4v) is 2.44. The van der Waals surface area contributed by atoms with Gasteiger partial charge in [-0.3, -0.25) is 0 Å². The number of aliphatic hydroxyl groups excluding tert-OH is 1. The molecule has 18 heavy (non-hydrogen) atoms. The maximum Gasteiger partial charge on any atom is 0.229 e. The first-order valence-corrected chi connectivity index (χ1v) is 6.81. The molecule has 0 saturated carbocycles. The Balaban J connectivity index is 1.91. The zero-order chi connectivity index (χ0) is 13.1. The third-order valence-electron chi connectivity index (χ3n) is 3.58. The van der Waals surface area contributed by atoms with Gasteiger partial charge in [-0.1, -0.05) is 5.16 Å². The smallest absolute Gasteiger partial charge is 0.229 e. The van der Waals surface area contributed by atoms with Crippen LogP contribution in [0.2, 0.25) is 0 Å². The second kappa shape index (κ2) is 5.80. The summed E-state index contributed by atoms with van der Waals surface area (Å²) >= 11 is 0. The van der Waals surface area contributed by atoms with Crippen LogP contribution in [0.4, 0.5) is 0 Å². The summed E-state index contributed by atoms with van der Waals surface area (Å²) in [7, 11) is 0. The molecule has 1 aliphatic heterocycles. The van der Waals surface area contributed by atoms with E-state index in [9.17, 15) is 5.11 Å². The first kappa shape index (κ1) is 13.5. The summed E-state index contributed by atoms with van der Waals surface area (Å²) in [5, 5.41) is 13.3. The Kier molecular flexibility index (Phi) is 4.35. The molecule has 0 radical (unpaired) electrons. The Labute approximate surface area is 108 Å². The van der Waals surface area contributed by atoms with Gasteiger partial charge in [0, 0.05) is 12.0 Å². The predicted octanol–water partition coefficient (Wildman–Crippen LogP) is 1.58. The summed E-state index contributed by atoms with van der Waals surface area (Å²) in [6.07, 6.45) is 2.19. The van der Waals surface area contributed by atoms with Gasteiger partial charge in [-0.2, -0.15) is 4.98 Å². The molecule has 5 heteroatoms. The lowest BCUT2D eigenvalue weighted by Gasteiger charge is -2.33. The van der Waals surface area contributed by atoms with E-state index >= 15 is 0 Å². The van der Waals surface area contributed by atoms with Crippen LogP contribution in [0.1, 0.15) is 51.2 Å². The fourth-order valence-electron chi connectivity index (χ4n) is 2.44. The van der Waals surface area contributed by atoms with Crippen molar-refractivity contribution in [2.75, 3.05) is 13.1 Å². The van der Waals surface area contributed by atoms with Crippen molar-refractivity contribution in [3.8, 4) is 0 Å². The molecule has 1 unspecified atom stereocenters. The number of nitrogens with zero attached hydrogens (tertiary/aromatic N) is 3. The summed E-state index contributed by atoms with van der Waals surface area (Å²) in [5.41, 5.74) is 0. The largest absolute Gasteiger partial charge is 0.393 e. The molecule has 1 N–H and O–H groups in total. The van der Waals surface area contributed by atoms with E-state index in [0.717, 1.165) is 31.8 Å². The van der Waals surface area contributed by atoms with Crippen molar-refractivity contribution >= 4 is 0 Å². The van der Waals surface area contributed by atoms with Crippen LogP contribution < -0.4 is 0 Å². The summed E-state index contributed by atoms with van der Waals surface area (Å²) in [6, 6.07) is 0.613. The Hall–Kier alpha value is -0.940. The van der Waals surface area contributed by atoms with Crippen molar-refractivity contribution in [2.45, 2.75) is 58.1 Å². The van der Waals surface area contributed by atoms with E-state index in [1.807, 2.05) is 0 Å². The third kappa shape index (κ3) is 3.29. The summed E-state index contributed by atoms with van der Waals surface area (Å²) < 4.78 is 5.17. The number of piperidine rings is 1. The summed E-state index contributed by atoms with van der Waals surface area (Å²) in [4.78, 5) is 6.87. The Morgan fingerprint density at radius 3 is 2.56 bits per heavy atom. The molecule has 1 aromatic rings. The van der Waals surface area contributed by atoms with E-state index in [1.165, 1.54) is 0 Å².